The maximum absolute atomic E-state index is 5.72. The molecule has 4 nitrogen and oxygen atoms in total. The molecular formula is C14H20N4. The molecule has 0 unspecified atom stereocenters. The molecule has 1 aliphatic heterocycles. The zero-order valence-corrected chi connectivity index (χ0v) is 10.6. The fourth-order valence-electron chi connectivity index (χ4n) is 2.87. The average Bonchev–Trinajstić information content (AvgIpc) is 2.78. The average molecular weight is 244 g/mol. The van der Waals surface area contributed by atoms with Crippen LogP contribution in [0, 0.1) is 0 Å². The predicted octanol–water partition coefficient (Wildman–Crippen LogP) is 1.46. The van der Waals surface area contributed by atoms with Crippen LogP contribution in [0.25, 0.3) is 11.0 Å². The quantitative estimate of drug-likeness (QED) is 0.859. The largest absolute Gasteiger partial charge is 0.330 e. The second-order valence-corrected chi connectivity index (χ2v) is 4.91. The maximum atomic E-state index is 5.72. The van der Waals surface area contributed by atoms with E-state index in [1.807, 2.05) is 6.07 Å². The van der Waals surface area contributed by atoms with Gasteiger partial charge in [0, 0.05) is 12.5 Å². The number of hydrogen-bond acceptors (Lipinski definition) is 3. The van der Waals surface area contributed by atoms with Crippen molar-refractivity contribution in [3.05, 3.63) is 30.1 Å². The topological polar surface area (TPSA) is 55.9 Å². The predicted molar refractivity (Wildman–Crippen MR) is 73.6 cm³/mol. The molecule has 2 heterocycles. The summed E-state index contributed by atoms with van der Waals surface area (Å²) in [7, 11) is 0. The molecule has 3 N–H and O–H groups in total. The molecule has 96 valence electrons. The van der Waals surface area contributed by atoms with Gasteiger partial charge in [-0.25, -0.2) is 4.98 Å². The molecule has 0 bridgehead atoms. The van der Waals surface area contributed by atoms with E-state index in [0.29, 0.717) is 12.6 Å². The number of benzene rings is 1. The van der Waals surface area contributed by atoms with Crippen LogP contribution in [-0.4, -0.2) is 29.2 Å². The van der Waals surface area contributed by atoms with Crippen molar-refractivity contribution in [1.82, 2.24) is 14.9 Å². The van der Waals surface area contributed by atoms with E-state index in [-0.39, 0.29) is 0 Å². The second-order valence-electron chi connectivity index (χ2n) is 4.91. The van der Waals surface area contributed by atoms with Crippen LogP contribution < -0.4 is 11.1 Å². The molecule has 1 saturated heterocycles. The zero-order valence-electron chi connectivity index (χ0n) is 10.6. The van der Waals surface area contributed by atoms with Crippen molar-refractivity contribution in [2.24, 2.45) is 5.73 Å². The van der Waals surface area contributed by atoms with Gasteiger partial charge >= 0.3 is 0 Å². The fourth-order valence-corrected chi connectivity index (χ4v) is 2.87. The summed E-state index contributed by atoms with van der Waals surface area (Å²) < 4.78 is 2.42. The van der Waals surface area contributed by atoms with Crippen molar-refractivity contribution in [3.8, 4) is 0 Å². The Morgan fingerprint density at radius 2 is 2.06 bits per heavy atom. The molecule has 0 saturated carbocycles. The van der Waals surface area contributed by atoms with Crippen LogP contribution in [0.1, 0.15) is 24.7 Å². The molecule has 0 atom stereocenters. The molecule has 0 spiro atoms. The van der Waals surface area contributed by atoms with Gasteiger partial charge in [0.2, 0.25) is 0 Å². The van der Waals surface area contributed by atoms with Gasteiger partial charge in [-0.2, -0.15) is 0 Å². The van der Waals surface area contributed by atoms with E-state index in [1.54, 1.807) is 0 Å². The molecular weight excluding hydrogens is 224 g/mol. The van der Waals surface area contributed by atoms with Gasteiger partial charge in [-0.3, -0.25) is 0 Å². The van der Waals surface area contributed by atoms with E-state index >= 15 is 0 Å². The van der Waals surface area contributed by atoms with Gasteiger partial charge in [0.15, 0.2) is 0 Å². The first-order chi connectivity index (χ1) is 8.90. The minimum absolute atomic E-state index is 0.570. The Bertz CT molecular complexity index is 526. The van der Waals surface area contributed by atoms with Crippen molar-refractivity contribution in [1.29, 1.82) is 0 Å². The monoisotopic (exact) mass is 244 g/mol. The Morgan fingerprint density at radius 3 is 2.83 bits per heavy atom. The van der Waals surface area contributed by atoms with Gasteiger partial charge in [0.25, 0.3) is 0 Å². The number of aromatic nitrogens is 2. The van der Waals surface area contributed by atoms with Crippen molar-refractivity contribution in [3.63, 3.8) is 0 Å². The SMILES string of the molecule is NCCc1nc2ccccc2n1C1CCNCC1. The summed E-state index contributed by atoms with van der Waals surface area (Å²) >= 11 is 0. The Hall–Kier alpha value is -1.39. The standard InChI is InChI=1S/C14H20N4/c15-8-5-14-17-12-3-1-2-4-13(12)18(14)11-6-9-16-10-7-11/h1-4,11,16H,5-10,15H2. The minimum Gasteiger partial charge on any atom is -0.330 e. The number of nitrogens with one attached hydrogen (secondary N) is 1. The summed E-state index contributed by atoms with van der Waals surface area (Å²) in [6, 6.07) is 8.97. The van der Waals surface area contributed by atoms with Crippen molar-refractivity contribution in [2.75, 3.05) is 19.6 Å². The minimum atomic E-state index is 0.570. The summed E-state index contributed by atoms with van der Waals surface area (Å²) in [5.41, 5.74) is 8.07. The Kier molecular flexibility index (Phi) is 3.30. The van der Waals surface area contributed by atoms with E-state index in [1.165, 1.54) is 18.4 Å². The second kappa shape index (κ2) is 5.08. The van der Waals surface area contributed by atoms with E-state index in [4.69, 9.17) is 10.7 Å². The number of nitrogens with zero attached hydrogens (tertiary/aromatic N) is 2. The summed E-state index contributed by atoms with van der Waals surface area (Å²) in [5, 5.41) is 3.42. The fraction of sp³-hybridized carbons (Fsp3) is 0.500. The molecule has 0 radical (unpaired) electrons. The molecule has 1 aliphatic rings. The highest BCUT2D eigenvalue weighted by Crippen LogP contribution is 2.26. The Labute approximate surface area is 107 Å². The first-order valence-corrected chi connectivity index (χ1v) is 6.77. The van der Waals surface area contributed by atoms with Crippen LogP contribution in [0.15, 0.2) is 24.3 Å². The van der Waals surface area contributed by atoms with E-state index in [0.717, 1.165) is 30.9 Å². The third-order valence-electron chi connectivity index (χ3n) is 3.71. The normalized spacial score (nSPS) is 17.4. The lowest BCUT2D eigenvalue weighted by molar-refractivity contribution is 0.367. The number of para-hydroxylation sites is 2. The Morgan fingerprint density at radius 1 is 1.28 bits per heavy atom. The molecule has 2 aromatic rings. The first kappa shape index (κ1) is 11.7. The maximum Gasteiger partial charge on any atom is 0.111 e. The molecule has 1 aromatic carbocycles. The number of imidazole rings is 1. The number of piperidine rings is 1. The lowest BCUT2D eigenvalue weighted by Crippen LogP contribution is -2.30. The highest BCUT2D eigenvalue weighted by atomic mass is 15.1. The van der Waals surface area contributed by atoms with Gasteiger partial charge in [-0.05, 0) is 44.6 Å². The van der Waals surface area contributed by atoms with Crippen molar-refractivity contribution in [2.45, 2.75) is 25.3 Å². The van der Waals surface area contributed by atoms with E-state index in [9.17, 15) is 0 Å². The molecule has 1 fully saturated rings. The van der Waals surface area contributed by atoms with Crippen LogP contribution in [0.2, 0.25) is 0 Å². The smallest absolute Gasteiger partial charge is 0.111 e. The lowest BCUT2D eigenvalue weighted by Gasteiger charge is -2.26. The van der Waals surface area contributed by atoms with Gasteiger partial charge in [-0.1, -0.05) is 12.1 Å². The van der Waals surface area contributed by atoms with Gasteiger partial charge in [0.1, 0.15) is 5.82 Å². The number of fused-ring (bicyclic) bond motifs is 1. The summed E-state index contributed by atoms with van der Waals surface area (Å²) in [4.78, 5) is 4.74. The van der Waals surface area contributed by atoms with Gasteiger partial charge < -0.3 is 15.6 Å². The molecule has 1 aromatic heterocycles. The number of nitrogens with two attached hydrogens (primary N) is 1. The van der Waals surface area contributed by atoms with Crippen molar-refractivity contribution < 1.29 is 0 Å². The van der Waals surface area contributed by atoms with Crippen LogP contribution >= 0.6 is 0 Å². The van der Waals surface area contributed by atoms with E-state index in [2.05, 4.69) is 28.1 Å². The number of rotatable bonds is 3. The van der Waals surface area contributed by atoms with Crippen LogP contribution in [-0.2, 0) is 6.42 Å². The van der Waals surface area contributed by atoms with Crippen LogP contribution in [0.5, 0.6) is 0 Å². The molecule has 3 rings (SSSR count). The summed E-state index contributed by atoms with van der Waals surface area (Å²) in [5.74, 6) is 1.14. The van der Waals surface area contributed by atoms with Gasteiger partial charge in [0.05, 0.1) is 11.0 Å². The highest BCUT2D eigenvalue weighted by molar-refractivity contribution is 5.76. The first-order valence-electron chi connectivity index (χ1n) is 6.77. The molecule has 18 heavy (non-hydrogen) atoms. The van der Waals surface area contributed by atoms with Crippen LogP contribution in [0.4, 0.5) is 0 Å². The highest BCUT2D eigenvalue weighted by Gasteiger charge is 2.20. The van der Waals surface area contributed by atoms with Gasteiger partial charge in [-0.15, -0.1) is 0 Å². The zero-order chi connectivity index (χ0) is 12.4. The molecule has 4 heteroatoms. The van der Waals surface area contributed by atoms with Crippen molar-refractivity contribution >= 4 is 11.0 Å². The Balaban J connectivity index is 2.07. The van der Waals surface area contributed by atoms with Crippen LogP contribution in [0.3, 0.4) is 0 Å². The third-order valence-corrected chi connectivity index (χ3v) is 3.71. The van der Waals surface area contributed by atoms with E-state index < -0.39 is 0 Å². The summed E-state index contributed by atoms with van der Waals surface area (Å²) in [6.45, 7) is 2.85. The molecule has 0 amide bonds. The summed E-state index contributed by atoms with van der Waals surface area (Å²) in [6.07, 6.45) is 3.22. The molecule has 0 aliphatic carbocycles. The number of hydrogen-bond donors (Lipinski definition) is 2. The lowest BCUT2D eigenvalue weighted by atomic mass is 10.1. The third kappa shape index (κ3) is 2.02.